The van der Waals surface area contributed by atoms with Crippen LogP contribution in [-0.2, 0) is 17.8 Å². The molecule has 104 valence electrons. The molecule has 1 aromatic heterocycles. The van der Waals surface area contributed by atoms with Crippen LogP contribution >= 0.6 is 0 Å². The van der Waals surface area contributed by atoms with Gasteiger partial charge >= 0.3 is 0 Å². The number of H-pyrrole nitrogens is 1. The van der Waals surface area contributed by atoms with Crippen LogP contribution in [0.5, 0.6) is 0 Å². The fourth-order valence-electron chi connectivity index (χ4n) is 3.19. The topological polar surface area (TPSA) is 55.0 Å². The lowest BCUT2D eigenvalue weighted by molar-refractivity contribution is 0.107. The quantitative estimate of drug-likeness (QED) is 0.846. The van der Waals surface area contributed by atoms with Crippen LogP contribution in [0.2, 0.25) is 0 Å². The minimum Gasteiger partial charge on any atom is -0.376 e. The van der Waals surface area contributed by atoms with Crippen molar-refractivity contribution < 1.29 is 4.74 Å². The first-order valence-corrected chi connectivity index (χ1v) is 7.54. The second-order valence-electron chi connectivity index (χ2n) is 5.72. The summed E-state index contributed by atoms with van der Waals surface area (Å²) in [5.74, 6) is 1.37. The molecule has 1 aliphatic carbocycles. The largest absolute Gasteiger partial charge is 0.376 e. The molecule has 1 fully saturated rings. The van der Waals surface area contributed by atoms with E-state index >= 15 is 0 Å². The predicted molar refractivity (Wildman–Crippen MR) is 73.3 cm³/mol. The highest BCUT2D eigenvalue weighted by atomic mass is 16.5. The molecule has 19 heavy (non-hydrogen) atoms. The Morgan fingerprint density at radius 3 is 2.63 bits per heavy atom. The monoisotopic (exact) mass is 262 g/mol. The van der Waals surface area contributed by atoms with Gasteiger partial charge in [-0.25, -0.2) is 4.98 Å². The lowest BCUT2D eigenvalue weighted by Crippen LogP contribution is -2.26. The van der Waals surface area contributed by atoms with Crippen molar-refractivity contribution in [2.75, 3.05) is 6.61 Å². The first-order valence-electron chi connectivity index (χ1n) is 7.54. The van der Waals surface area contributed by atoms with E-state index in [1.807, 2.05) is 0 Å². The van der Waals surface area contributed by atoms with Crippen LogP contribution < -0.4 is 5.56 Å². The van der Waals surface area contributed by atoms with Crippen LogP contribution in [-0.4, -0.2) is 16.6 Å². The molecule has 0 atom stereocenters. The molecule has 1 aliphatic heterocycles. The molecule has 4 nitrogen and oxygen atoms in total. The first kappa shape index (κ1) is 12.9. The number of nitrogens with zero attached hydrogens (tertiary/aromatic N) is 1. The maximum Gasteiger partial charge on any atom is 0.256 e. The number of aromatic nitrogens is 2. The van der Waals surface area contributed by atoms with E-state index in [0.29, 0.717) is 19.1 Å². The number of nitrogens with one attached hydrogen (secondary N) is 1. The Morgan fingerprint density at radius 2 is 1.84 bits per heavy atom. The van der Waals surface area contributed by atoms with Crippen molar-refractivity contribution in [2.24, 2.45) is 0 Å². The Bertz CT molecular complexity index is 487. The summed E-state index contributed by atoms with van der Waals surface area (Å²) in [5, 5.41) is 0. The molecule has 0 bridgehead atoms. The first-order chi connectivity index (χ1) is 9.34. The molecule has 1 N–H and O–H groups in total. The van der Waals surface area contributed by atoms with Crippen LogP contribution in [0.4, 0.5) is 0 Å². The van der Waals surface area contributed by atoms with Gasteiger partial charge in [0.05, 0.1) is 24.5 Å². The molecule has 0 unspecified atom stereocenters. The lowest BCUT2D eigenvalue weighted by atomic mass is 9.90. The van der Waals surface area contributed by atoms with Gasteiger partial charge in [-0.1, -0.05) is 32.1 Å². The van der Waals surface area contributed by atoms with Gasteiger partial charge in [0.25, 0.3) is 5.56 Å². The zero-order valence-corrected chi connectivity index (χ0v) is 11.4. The Hall–Kier alpha value is -1.16. The number of hydrogen-bond donors (Lipinski definition) is 1. The second-order valence-corrected chi connectivity index (χ2v) is 5.72. The third-order valence-corrected chi connectivity index (χ3v) is 4.34. The summed E-state index contributed by atoms with van der Waals surface area (Å²) < 4.78 is 5.34. The zero-order chi connectivity index (χ0) is 13.1. The van der Waals surface area contributed by atoms with Crippen LogP contribution in [0, 0.1) is 0 Å². The third-order valence-electron chi connectivity index (χ3n) is 4.34. The lowest BCUT2D eigenvalue weighted by Gasteiger charge is -2.21. The van der Waals surface area contributed by atoms with Gasteiger partial charge < -0.3 is 9.72 Å². The summed E-state index contributed by atoms with van der Waals surface area (Å²) in [5.41, 5.74) is 1.72. The summed E-state index contributed by atoms with van der Waals surface area (Å²) in [6.07, 6.45) is 9.62. The second kappa shape index (κ2) is 5.87. The number of fused-ring (bicyclic) bond motifs is 1. The minimum atomic E-state index is 0.0155. The van der Waals surface area contributed by atoms with Gasteiger partial charge in [-0.05, 0) is 12.8 Å². The molecular weight excluding hydrogens is 240 g/mol. The predicted octanol–water partition coefficient (Wildman–Crippen LogP) is 2.67. The van der Waals surface area contributed by atoms with E-state index in [-0.39, 0.29) is 5.56 Å². The Balaban J connectivity index is 1.87. The van der Waals surface area contributed by atoms with Gasteiger partial charge in [0.1, 0.15) is 5.82 Å². The average molecular weight is 262 g/mol. The fraction of sp³-hybridized carbons (Fsp3) is 0.733. The maximum atomic E-state index is 12.1. The van der Waals surface area contributed by atoms with E-state index in [0.717, 1.165) is 36.3 Å². The van der Waals surface area contributed by atoms with E-state index in [9.17, 15) is 4.79 Å². The van der Waals surface area contributed by atoms with Gasteiger partial charge in [-0.3, -0.25) is 4.79 Å². The highest BCUT2D eigenvalue weighted by Crippen LogP contribution is 2.29. The maximum absolute atomic E-state index is 12.1. The van der Waals surface area contributed by atoms with Crippen LogP contribution in [0.1, 0.15) is 67.9 Å². The Morgan fingerprint density at radius 1 is 1.11 bits per heavy atom. The van der Waals surface area contributed by atoms with Crippen molar-refractivity contribution >= 4 is 0 Å². The van der Waals surface area contributed by atoms with Crippen LogP contribution in [0.25, 0.3) is 0 Å². The molecule has 1 saturated carbocycles. The summed E-state index contributed by atoms with van der Waals surface area (Å²) in [6, 6.07) is 0. The summed E-state index contributed by atoms with van der Waals surface area (Å²) >= 11 is 0. The van der Waals surface area contributed by atoms with E-state index in [1.165, 1.54) is 32.1 Å². The van der Waals surface area contributed by atoms with E-state index < -0.39 is 0 Å². The van der Waals surface area contributed by atoms with Gasteiger partial charge in [-0.15, -0.1) is 0 Å². The Labute approximate surface area is 113 Å². The molecule has 0 amide bonds. The summed E-state index contributed by atoms with van der Waals surface area (Å²) in [4.78, 5) is 19.8. The fourth-order valence-corrected chi connectivity index (χ4v) is 3.19. The zero-order valence-electron chi connectivity index (χ0n) is 11.4. The van der Waals surface area contributed by atoms with E-state index in [2.05, 4.69) is 4.98 Å². The number of ether oxygens (including phenoxy) is 1. The SMILES string of the molecule is O=c1[nH]c(C2CCCCCCC2)nc2c1COCC2. The molecule has 1 aromatic rings. The van der Waals surface area contributed by atoms with Gasteiger partial charge in [0.15, 0.2) is 0 Å². The van der Waals surface area contributed by atoms with Gasteiger partial charge in [0.2, 0.25) is 0 Å². The molecule has 0 saturated heterocycles. The summed E-state index contributed by atoms with van der Waals surface area (Å²) in [6.45, 7) is 1.11. The molecular formula is C15H22N2O2. The van der Waals surface area contributed by atoms with Crippen molar-refractivity contribution in [2.45, 2.75) is 63.9 Å². The van der Waals surface area contributed by atoms with Crippen molar-refractivity contribution in [1.29, 1.82) is 0 Å². The smallest absolute Gasteiger partial charge is 0.256 e. The van der Waals surface area contributed by atoms with Gasteiger partial charge in [0, 0.05) is 12.3 Å². The van der Waals surface area contributed by atoms with E-state index in [4.69, 9.17) is 9.72 Å². The minimum absolute atomic E-state index is 0.0155. The molecule has 0 radical (unpaired) electrons. The molecule has 4 heteroatoms. The standard InChI is InChI=1S/C15H22N2O2/c18-15-12-10-19-9-8-13(12)16-14(17-15)11-6-4-2-1-3-5-7-11/h11H,1-10H2,(H,16,17,18). The molecule has 3 rings (SSSR count). The van der Waals surface area contributed by atoms with E-state index in [1.54, 1.807) is 0 Å². The molecule has 0 aromatic carbocycles. The highest BCUT2D eigenvalue weighted by molar-refractivity contribution is 5.20. The summed E-state index contributed by atoms with van der Waals surface area (Å²) in [7, 11) is 0. The Kier molecular flexibility index (Phi) is 3.97. The van der Waals surface area contributed by atoms with Crippen molar-refractivity contribution in [3.8, 4) is 0 Å². The normalized spacial score (nSPS) is 21.5. The highest BCUT2D eigenvalue weighted by Gasteiger charge is 2.20. The number of rotatable bonds is 1. The number of hydrogen-bond acceptors (Lipinski definition) is 3. The molecule has 2 aliphatic rings. The van der Waals surface area contributed by atoms with Crippen LogP contribution in [0.3, 0.4) is 0 Å². The van der Waals surface area contributed by atoms with Crippen molar-refractivity contribution in [1.82, 2.24) is 9.97 Å². The van der Waals surface area contributed by atoms with Crippen molar-refractivity contribution in [3.63, 3.8) is 0 Å². The molecule has 0 spiro atoms. The van der Waals surface area contributed by atoms with Gasteiger partial charge in [-0.2, -0.15) is 0 Å². The average Bonchev–Trinajstić information content (AvgIpc) is 2.38. The number of aromatic amines is 1. The molecule has 2 heterocycles. The van der Waals surface area contributed by atoms with Crippen molar-refractivity contribution in [3.05, 3.63) is 27.4 Å². The third kappa shape index (κ3) is 2.89. The van der Waals surface area contributed by atoms with Crippen LogP contribution in [0.15, 0.2) is 4.79 Å².